The highest BCUT2D eigenvalue weighted by Crippen LogP contribution is 2.41. The molecule has 27 heavy (non-hydrogen) atoms. The van der Waals surface area contributed by atoms with Crippen LogP contribution in [0.1, 0.15) is 43.6 Å². The number of aromatic hydroxyl groups is 4. The Morgan fingerprint density at radius 2 is 1.52 bits per heavy atom. The van der Waals surface area contributed by atoms with E-state index in [0.29, 0.717) is 16.9 Å². The van der Waals surface area contributed by atoms with Gasteiger partial charge in [-0.2, -0.15) is 0 Å². The molecule has 4 rings (SSSR count). The summed E-state index contributed by atoms with van der Waals surface area (Å²) >= 11 is 0. The summed E-state index contributed by atoms with van der Waals surface area (Å²) in [6.07, 6.45) is 5.77. The van der Waals surface area contributed by atoms with Gasteiger partial charge in [0.25, 0.3) is 0 Å². The molecule has 4 N–H and O–H groups in total. The normalized spacial score (nSPS) is 15.3. The van der Waals surface area contributed by atoms with E-state index >= 15 is 0 Å². The first kappa shape index (κ1) is 17.3. The second-order valence-corrected chi connectivity index (χ2v) is 7.06. The molecule has 0 bridgehead atoms. The maximum absolute atomic E-state index is 12.7. The van der Waals surface area contributed by atoms with Crippen LogP contribution in [-0.4, -0.2) is 20.4 Å². The van der Waals surface area contributed by atoms with Crippen molar-refractivity contribution >= 4 is 11.0 Å². The van der Waals surface area contributed by atoms with E-state index in [9.17, 15) is 25.2 Å². The molecule has 1 aliphatic carbocycles. The van der Waals surface area contributed by atoms with E-state index in [1.54, 1.807) is 12.1 Å². The average Bonchev–Trinajstić information content (AvgIpc) is 2.69. The van der Waals surface area contributed by atoms with Crippen LogP contribution in [-0.2, 0) is 0 Å². The van der Waals surface area contributed by atoms with Gasteiger partial charge in [0.2, 0.25) is 11.2 Å². The fourth-order valence-corrected chi connectivity index (χ4v) is 3.82. The minimum Gasteiger partial charge on any atom is -0.504 e. The standard InChI is InChI=1S/C21H20O6/c22-15-9-13(10-16(23)19(15)25)21-20(26)18(24)14-8-12(6-7-17(14)27-21)11-4-2-1-3-5-11/h6-11,22-23,25-26H,1-5H2. The molecule has 6 heteroatoms. The van der Waals surface area contributed by atoms with Crippen LogP contribution < -0.4 is 5.43 Å². The molecule has 0 saturated heterocycles. The molecule has 0 spiro atoms. The first-order valence-electron chi connectivity index (χ1n) is 9.00. The summed E-state index contributed by atoms with van der Waals surface area (Å²) in [4.78, 5) is 12.7. The molecule has 1 heterocycles. The summed E-state index contributed by atoms with van der Waals surface area (Å²) in [5, 5.41) is 39.5. The third-order valence-corrected chi connectivity index (χ3v) is 5.30. The van der Waals surface area contributed by atoms with E-state index < -0.39 is 28.4 Å². The van der Waals surface area contributed by atoms with Gasteiger partial charge in [-0.15, -0.1) is 0 Å². The molecule has 1 aromatic heterocycles. The number of phenolic OH excluding ortho intramolecular Hbond substituents is 3. The van der Waals surface area contributed by atoms with Crippen molar-refractivity contribution in [2.45, 2.75) is 38.0 Å². The lowest BCUT2D eigenvalue weighted by Gasteiger charge is -2.22. The summed E-state index contributed by atoms with van der Waals surface area (Å²) in [5.74, 6) is -2.22. The molecule has 0 atom stereocenters. The van der Waals surface area contributed by atoms with E-state index in [2.05, 4.69) is 0 Å². The molecule has 1 saturated carbocycles. The van der Waals surface area contributed by atoms with E-state index in [-0.39, 0.29) is 11.3 Å². The van der Waals surface area contributed by atoms with E-state index in [0.717, 1.165) is 30.5 Å². The van der Waals surface area contributed by atoms with Gasteiger partial charge in [-0.25, -0.2) is 0 Å². The highest BCUT2D eigenvalue weighted by molar-refractivity contribution is 5.83. The van der Waals surface area contributed by atoms with Gasteiger partial charge in [-0.1, -0.05) is 25.3 Å². The zero-order valence-electron chi connectivity index (χ0n) is 14.6. The van der Waals surface area contributed by atoms with Crippen molar-refractivity contribution in [1.82, 2.24) is 0 Å². The van der Waals surface area contributed by atoms with Crippen LogP contribution in [0.2, 0.25) is 0 Å². The smallest absolute Gasteiger partial charge is 0.235 e. The van der Waals surface area contributed by atoms with E-state index in [4.69, 9.17) is 4.42 Å². The predicted molar refractivity (Wildman–Crippen MR) is 100 cm³/mol. The minimum absolute atomic E-state index is 0.0793. The van der Waals surface area contributed by atoms with Gasteiger partial charge >= 0.3 is 0 Å². The third-order valence-electron chi connectivity index (χ3n) is 5.30. The zero-order valence-corrected chi connectivity index (χ0v) is 14.6. The monoisotopic (exact) mass is 368 g/mol. The van der Waals surface area contributed by atoms with Crippen molar-refractivity contribution in [3.8, 4) is 34.3 Å². The lowest BCUT2D eigenvalue weighted by molar-refractivity contribution is 0.368. The zero-order chi connectivity index (χ0) is 19.1. The first-order chi connectivity index (χ1) is 13.0. The SMILES string of the molecule is O=c1c(O)c(-c2cc(O)c(O)c(O)c2)oc2ccc(C3CCCCC3)cc12. The minimum atomic E-state index is -0.682. The van der Waals surface area contributed by atoms with Crippen molar-refractivity contribution in [2.75, 3.05) is 0 Å². The van der Waals surface area contributed by atoms with Crippen LogP contribution in [0.5, 0.6) is 23.0 Å². The number of benzene rings is 2. The van der Waals surface area contributed by atoms with Gasteiger partial charge in [0.15, 0.2) is 23.0 Å². The fourth-order valence-electron chi connectivity index (χ4n) is 3.82. The Bertz CT molecular complexity index is 1050. The molecule has 6 nitrogen and oxygen atoms in total. The van der Waals surface area contributed by atoms with Gasteiger partial charge in [0.05, 0.1) is 5.39 Å². The molecule has 0 amide bonds. The number of phenols is 3. The summed E-state index contributed by atoms with van der Waals surface area (Å²) in [6, 6.07) is 7.65. The molecular formula is C21H20O6. The Balaban J connectivity index is 1.85. The van der Waals surface area contributed by atoms with Crippen LogP contribution in [0, 0.1) is 0 Å². The van der Waals surface area contributed by atoms with Gasteiger partial charge in [-0.3, -0.25) is 4.79 Å². The lowest BCUT2D eigenvalue weighted by Crippen LogP contribution is -2.07. The molecule has 3 aromatic rings. The van der Waals surface area contributed by atoms with E-state index in [1.807, 2.05) is 6.07 Å². The Morgan fingerprint density at radius 1 is 0.852 bits per heavy atom. The molecular weight excluding hydrogens is 348 g/mol. The van der Waals surface area contributed by atoms with Crippen LogP contribution >= 0.6 is 0 Å². The van der Waals surface area contributed by atoms with Crippen LogP contribution in [0.3, 0.4) is 0 Å². The molecule has 0 unspecified atom stereocenters. The fraction of sp³-hybridized carbons (Fsp3) is 0.286. The highest BCUT2D eigenvalue weighted by atomic mass is 16.4. The maximum atomic E-state index is 12.7. The van der Waals surface area contributed by atoms with Crippen molar-refractivity contribution in [2.24, 2.45) is 0 Å². The largest absolute Gasteiger partial charge is 0.504 e. The Hall–Kier alpha value is -3.15. The van der Waals surface area contributed by atoms with Gasteiger partial charge in [0.1, 0.15) is 5.58 Å². The van der Waals surface area contributed by atoms with Crippen molar-refractivity contribution in [3.63, 3.8) is 0 Å². The number of hydrogen-bond acceptors (Lipinski definition) is 6. The first-order valence-corrected chi connectivity index (χ1v) is 9.00. The second-order valence-electron chi connectivity index (χ2n) is 7.06. The molecule has 1 fully saturated rings. The molecule has 0 radical (unpaired) electrons. The predicted octanol–water partition coefficient (Wildman–Crippen LogP) is 4.33. The van der Waals surface area contributed by atoms with Gasteiger partial charge < -0.3 is 24.8 Å². The lowest BCUT2D eigenvalue weighted by atomic mass is 9.84. The Kier molecular flexibility index (Phi) is 4.18. The summed E-state index contributed by atoms with van der Waals surface area (Å²) in [7, 11) is 0. The van der Waals surface area contributed by atoms with E-state index in [1.165, 1.54) is 19.3 Å². The number of hydrogen-bond donors (Lipinski definition) is 4. The Morgan fingerprint density at radius 3 is 2.19 bits per heavy atom. The average molecular weight is 368 g/mol. The molecule has 2 aromatic carbocycles. The second kappa shape index (κ2) is 6.54. The summed E-state index contributed by atoms with van der Waals surface area (Å²) < 4.78 is 5.70. The van der Waals surface area contributed by atoms with Crippen molar-refractivity contribution in [1.29, 1.82) is 0 Å². The van der Waals surface area contributed by atoms with Gasteiger partial charge in [-0.05, 0) is 48.6 Å². The molecule has 140 valence electrons. The summed E-state index contributed by atoms with van der Waals surface area (Å²) in [6.45, 7) is 0. The quantitative estimate of drug-likeness (QED) is 0.501. The Labute approximate surface area is 154 Å². The summed E-state index contributed by atoms with van der Waals surface area (Å²) in [5.41, 5.74) is 0.882. The molecule has 0 aliphatic heterocycles. The van der Waals surface area contributed by atoms with Crippen LogP contribution in [0.25, 0.3) is 22.3 Å². The molecule has 1 aliphatic rings. The van der Waals surface area contributed by atoms with Crippen molar-refractivity contribution in [3.05, 3.63) is 46.1 Å². The maximum Gasteiger partial charge on any atom is 0.235 e. The van der Waals surface area contributed by atoms with Crippen molar-refractivity contribution < 1.29 is 24.8 Å². The number of fused-ring (bicyclic) bond motifs is 1. The third kappa shape index (κ3) is 2.97. The number of rotatable bonds is 2. The van der Waals surface area contributed by atoms with Crippen LogP contribution in [0.15, 0.2) is 39.5 Å². The highest BCUT2D eigenvalue weighted by Gasteiger charge is 2.21. The van der Waals surface area contributed by atoms with Gasteiger partial charge in [0, 0.05) is 5.56 Å². The van der Waals surface area contributed by atoms with Crippen LogP contribution in [0.4, 0.5) is 0 Å². The topological polar surface area (TPSA) is 111 Å².